The minimum atomic E-state index is -3.54. The molecule has 162 valence electrons. The molecule has 2 aromatic carbocycles. The molecule has 2 amide bonds. The molecular weight excluding hydrogens is 406 g/mol. The van der Waals surface area contributed by atoms with E-state index in [0.717, 1.165) is 5.56 Å². The fourth-order valence-electron chi connectivity index (χ4n) is 2.64. The normalized spacial score (nSPS) is 11.2. The molecule has 2 rings (SSSR count). The lowest BCUT2D eigenvalue weighted by molar-refractivity contribution is -0.136. The first-order valence-corrected chi connectivity index (χ1v) is 11.1. The van der Waals surface area contributed by atoms with Crippen LogP contribution in [0.25, 0.3) is 0 Å². The zero-order valence-electron chi connectivity index (χ0n) is 17.3. The van der Waals surface area contributed by atoms with Gasteiger partial charge in [0.05, 0.1) is 17.2 Å². The summed E-state index contributed by atoms with van der Waals surface area (Å²) in [5, 5.41) is 5.08. The van der Waals surface area contributed by atoms with Crippen LogP contribution in [-0.4, -0.2) is 39.4 Å². The highest BCUT2D eigenvalue weighted by molar-refractivity contribution is 7.89. The highest BCUT2D eigenvalue weighted by Crippen LogP contribution is 2.23. The summed E-state index contributed by atoms with van der Waals surface area (Å²) < 4.78 is 32.2. The predicted octanol–water partition coefficient (Wildman–Crippen LogP) is 2.07. The molecule has 0 aliphatic rings. The van der Waals surface area contributed by atoms with Crippen molar-refractivity contribution in [2.45, 2.75) is 38.1 Å². The summed E-state index contributed by atoms with van der Waals surface area (Å²) >= 11 is 0. The monoisotopic (exact) mass is 433 g/mol. The number of hydrogen-bond acceptors (Lipinski definition) is 5. The molecule has 8 nitrogen and oxygen atoms in total. The topological polar surface area (TPSA) is 114 Å². The van der Waals surface area contributed by atoms with Crippen LogP contribution >= 0.6 is 0 Å². The zero-order valence-corrected chi connectivity index (χ0v) is 18.1. The second-order valence-electron chi connectivity index (χ2n) is 6.81. The Labute approximate surface area is 177 Å². The van der Waals surface area contributed by atoms with E-state index in [-0.39, 0.29) is 17.5 Å². The van der Waals surface area contributed by atoms with Crippen LogP contribution in [0.15, 0.2) is 53.4 Å². The Hall–Kier alpha value is -2.91. The number of amides is 2. The maximum Gasteiger partial charge on any atom is 0.313 e. The average molecular weight is 434 g/mol. The number of para-hydroxylation sites is 2. The van der Waals surface area contributed by atoms with Crippen molar-refractivity contribution in [1.82, 2.24) is 10.0 Å². The van der Waals surface area contributed by atoms with E-state index in [1.54, 1.807) is 50.2 Å². The fourth-order valence-corrected chi connectivity index (χ4v) is 3.90. The van der Waals surface area contributed by atoms with Crippen LogP contribution in [0, 0.1) is 0 Å². The molecule has 3 N–H and O–H groups in total. The van der Waals surface area contributed by atoms with Crippen molar-refractivity contribution in [3.05, 3.63) is 54.1 Å². The van der Waals surface area contributed by atoms with Crippen molar-refractivity contribution >= 4 is 27.5 Å². The van der Waals surface area contributed by atoms with Crippen LogP contribution in [0.3, 0.4) is 0 Å². The van der Waals surface area contributed by atoms with E-state index in [1.165, 1.54) is 12.1 Å². The second kappa shape index (κ2) is 10.7. The van der Waals surface area contributed by atoms with Gasteiger partial charge in [-0.2, -0.15) is 0 Å². The minimum absolute atomic E-state index is 0.177. The van der Waals surface area contributed by atoms with Crippen molar-refractivity contribution < 1.29 is 22.7 Å². The number of nitrogens with one attached hydrogen (secondary N) is 3. The van der Waals surface area contributed by atoms with E-state index >= 15 is 0 Å². The van der Waals surface area contributed by atoms with Gasteiger partial charge in [0.15, 0.2) is 0 Å². The third kappa shape index (κ3) is 6.85. The average Bonchev–Trinajstić information content (AvgIpc) is 2.69. The Balaban J connectivity index is 1.86. The smallest absolute Gasteiger partial charge is 0.313 e. The third-order valence-corrected chi connectivity index (χ3v) is 5.64. The van der Waals surface area contributed by atoms with Crippen LogP contribution in [-0.2, 0) is 26.0 Å². The molecule has 0 radical (unpaired) electrons. The Morgan fingerprint density at radius 1 is 1.00 bits per heavy atom. The van der Waals surface area contributed by atoms with Gasteiger partial charge in [-0.15, -0.1) is 0 Å². The molecule has 0 spiro atoms. The summed E-state index contributed by atoms with van der Waals surface area (Å²) in [6, 6.07) is 13.1. The molecule has 0 aliphatic heterocycles. The van der Waals surface area contributed by atoms with Crippen molar-refractivity contribution in [2.75, 3.05) is 18.5 Å². The summed E-state index contributed by atoms with van der Waals surface area (Å²) in [7, 11) is -3.54. The molecule has 0 atom stereocenters. The van der Waals surface area contributed by atoms with E-state index in [4.69, 9.17) is 4.74 Å². The van der Waals surface area contributed by atoms with Gasteiger partial charge < -0.3 is 15.4 Å². The number of anilines is 1. The van der Waals surface area contributed by atoms with Gasteiger partial charge in [0.1, 0.15) is 5.75 Å². The van der Waals surface area contributed by atoms with Crippen molar-refractivity contribution in [3.8, 4) is 5.75 Å². The molecule has 0 aliphatic carbocycles. The first-order chi connectivity index (χ1) is 14.2. The third-order valence-electron chi connectivity index (χ3n) is 3.97. The van der Waals surface area contributed by atoms with E-state index in [0.29, 0.717) is 24.5 Å². The van der Waals surface area contributed by atoms with Crippen molar-refractivity contribution in [1.29, 1.82) is 0 Å². The summed E-state index contributed by atoms with van der Waals surface area (Å²) in [5.74, 6) is -1.06. The summed E-state index contributed by atoms with van der Waals surface area (Å²) in [6.07, 6.45) is 0.451. The lowest BCUT2D eigenvalue weighted by atomic mass is 10.1. The van der Waals surface area contributed by atoms with Crippen LogP contribution in [0.5, 0.6) is 5.75 Å². The fraction of sp³-hybridized carbons (Fsp3) is 0.333. The zero-order chi connectivity index (χ0) is 22.1. The number of hydrogen-bond donors (Lipinski definition) is 3. The molecule has 30 heavy (non-hydrogen) atoms. The van der Waals surface area contributed by atoms with Crippen molar-refractivity contribution in [2.24, 2.45) is 0 Å². The number of carbonyl (C=O) groups is 2. The van der Waals surface area contributed by atoms with Crippen LogP contribution in [0.1, 0.15) is 26.3 Å². The molecule has 9 heteroatoms. The molecule has 0 saturated carbocycles. The summed E-state index contributed by atoms with van der Waals surface area (Å²) in [5.41, 5.74) is 1.26. The van der Waals surface area contributed by atoms with E-state index < -0.39 is 21.8 Å². The predicted molar refractivity (Wildman–Crippen MR) is 115 cm³/mol. The molecule has 0 unspecified atom stereocenters. The number of ether oxygens (including phenoxy) is 1. The highest BCUT2D eigenvalue weighted by Gasteiger charge is 2.16. The SMILES string of the molecule is CCOc1ccccc1NC(=O)C(=O)NCCc1ccc(S(=O)(=O)NC(C)C)cc1. The van der Waals surface area contributed by atoms with E-state index in [9.17, 15) is 18.0 Å². The molecule has 0 heterocycles. The molecular formula is C21H27N3O5S. The maximum absolute atomic E-state index is 12.1. The van der Waals surface area contributed by atoms with Gasteiger partial charge in [0, 0.05) is 12.6 Å². The van der Waals surface area contributed by atoms with Crippen molar-refractivity contribution in [3.63, 3.8) is 0 Å². The van der Waals surface area contributed by atoms with E-state index in [2.05, 4.69) is 15.4 Å². The number of carbonyl (C=O) groups excluding carboxylic acids is 2. The minimum Gasteiger partial charge on any atom is -0.492 e. The lowest BCUT2D eigenvalue weighted by Gasteiger charge is -2.11. The van der Waals surface area contributed by atoms with Gasteiger partial charge in [0.2, 0.25) is 10.0 Å². The Bertz CT molecular complexity index is 972. The molecule has 0 fully saturated rings. The molecule has 0 saturated heterocycles. The van der Waals surface area contributed by atoms with Gasteiger partial charge in [-0.1, -0.05) is 24.3 Å². The van der Waals surface area contributed by atoms with Gasteiger partial charge >= 0.3 is 11.8 Å². The largest absolute Gasteiger partial charge is 0.492 e. The second-order valence-corrected chi connectivity index (χ2v) is 8.52. The van der Waals surface area contributed by atoms with Crippen LogP contribution in [0.2, 0.25) is 0 Å². The summed E-state index contributed by atoms with van der Waals surface area (Å²) in [6.45, 7) is 6.00. The van der Waals surface area contributed by atoms with E-state index in [1.807, 2.05) is 6.92 Å². The van der Waals surface area contributed by atoms with Gasteiger partial charge in [-0.3, -0.25) is 9.59 Å². The van der Waals surface area contributed by atoms with Crippen LogP contribution in [0.4, 0.5) is 5.69 Å². The number of sulfonamides is 1. The first-order valence-electron chi connectivity index (χ1n) is 9.65. The standard InChI is InChI=1S/C21H27N3O5S/c1-4-29-19-8-6-5-7-18(19)23-21(26)20(25)22-14-13-16-9-11-17(12-10-16)30(27,28)24-15(2)3/h5-12,15,24H,4,13-14H2,1-3H3,(H,22,25)(H,23,26). The molecule has 2 aromatic rings. The Kier molecular flexibility index (Phi) is 8.37. The van der Waals surface area contributed by atoms with Gasteiger partial charge in [0.25, 0.3) is 0 Å². The molecule has 0 aromatic heterocycles. The van der Waals surface area contributed by atoms with Gasteiger partial charge in [-0.25, -0.2) is 13.1 Å². The first kappa shape index (κ1) is 23.4. The maximum atomic E-state index is 12.1. The summed E-state index contributed by atoms with van der Waals surface area (Å²) in [4.78, 5) is 24.3. The molecule has 0 bridgehead atoms. The Morgan fingerprint density at radius 2 is 1.67 bits per heavy atom. The highest BCUT2D eigenvalue weighted by atomic mass is 32.2. The quantitative estimate of drug-likeness (QED) is 0.524. The number of rotatable bonds is 9. The Morgan fingerprint density at radius 3 is 2.30 bits per heavy atom. The van der Waals surface area contributed by atoms with Crippen LogP contribution < -0.4 is 20.1 Å². The lowest BCUT2D eigenvalue weighted by Crippen LogP contribution is -2.36. The number of benzene rings is 2. The van der Waals surface area contributed by atoms with Gasteiger partial charge in [-0.05, 0) is 57.0 Å².